The van der Waals surface area contributed by atoms with Gasteiger partial charge < -0.3 is 15.4 Å². The van der Waals surface area contributed by atoms with Gasteiger partial charge in [-0.05, 0) is 30.2 Å². The second kappa shape index (κ2) is 9.16. The lowest BCUT2D eigenvalue weighted by molar-refractivity contribution is 0.0784. The van der Waals surface area contributed by atoms with E-state index in [1.54, 1.807) is 12.5 Å². The Bertz CT molecular complexity index is 1480. The lowest BCUT2D eigenvalue weighted by Crippen LogP contribution is -2.33. The van der Waals surface area contributed by atoms with E-state index in [4.69, 9.17) is 10.5 Å². The first-order chi connectivity index (χ1) is 17.5. The molecule has 2 atom stereocenters. The minimum atomic E-state index is -0.241. The average Bonchev–Trinajstić information content (AvgIpc) is 3.12. The predicted molar refractivity (Wildman–Crippen MR) is 136 cm³/mol. The first-order valence-corrected chi connectivity index (χ1v) is 12.0. The van der Waals surface area contributed by atoms with E-state index in [1.165, 1.54) is 12.1 Å². The third kappa shape index (κ3) is 4.33. The Balaban J connectivity index is 1.30. The number of nitrogens with zero attached hydrogens (tertiary/aromatic N) is 6. The Labute approximate surface area is 208 Å². The van der Waals surface area contributed by atoms with Crippen LogP contribution < -0.4 is 10.6 Å². The van der Waals surface area contributed by atoms with Gasteiger partial charge in [-0.1, -0.05) is 30.4 Å². The van der Waals surface area contributed by atoms with Crippen molar-refractivity contribution in [1.82, 2.24) is 24.3 Å². The van der Waals surface area contributed by atoms with Gasteiger partial charge >= 0.3 is 0 Å². The fourth-order valence-electron chi connectivity index (χ4n) is 4.91. The molecule has 0 amide bonds. The molecule has 4 heterocycles. The summed E-state index contributed by atoms with van der Waals surface area (Å²) in [6, 6.07) is 6.60. The van der Waals surface area contributed by atoms with Crippen LogP contribution in [0, 0.1) is 18.7 Å². The number of ether oxygens (including phenoxy) is 1. The van der Waals surface area contributed by atoms with Gasteiger partial charge in [0.15, 0.2) is 0 Å². The summed E-state index contributed by atoms with van der Waals surface area (Å²) in [5, 5.41) is 0. The van der Waals surface area contributed by atoms with Gasteiger partial charge in [-0.2, -0.15) is 4.98 Å². The number of fused-ring (bicyclic) bond motifs is 2. The molecule has 1 fully saturated rings. The summed E-state index contributed by atoms with van der Waals surface area (Å²) in [7, 11) is 0. The Morgan fingerprint density at radius 3 is 2.86 bits per heavy atom. The number of imidazole rings is 1. The summed E-state index contributed by atoms with van der Waals surface area (Å²) in [6.45, 7) is 4.06. The fraction of sp³-hybridized carbons (Fsp3) is 0.259. The van der Waals surface area contributed by atoms with E-state index in [0.717, 1.165) is 46.9 Å². The normalized spacial score (nSPS) is 19.7. The maximum atomic E-state index is 13.4. The molecule has 0 saturated carbocycles. The molecule has 0 spiro atoms. The lowest BCUT2D eigenvalue weighted by Gasteiger charge is -2.29. The van der Waals surface area contributed by atoms with Crippen LogP contribution in [-0.4, -0.2) is 50.1 Å². The summed E-state index contributed by atoms with van der Waals surface area (Å²) < 4.78 is 21.5. The summed E-state index contributed by atoms with van der Waals surface area (Å²) in [5.74, 6) is 1.81. The van der Waals surface area contributed by atoms with Crippen LogP contribution in [0.2, 0.25) is 0 Å². The zero-order valence-electron chi connectivity index (χ0n) is 19.9. The molecule has 182 valence electrons. The highest BCUT2D eigenvalue weighted by atomic mass is 19.1. The number of benzene rings is 1. The molecule has 36 heavy (non-hydrogen) atoms. The van der Waals surface area contributed by atoms with E-state index in [2.05, 4.69) is 43.1 Å². The summed E-state index contributed by atoms with van der Waals surface area (Å²) in [6.07, 6.45) is 14.3. The highest BCUT2D eigenvalue weighted by Crippen LogP contribution is 2.31. The molecule has 1 aliphatic carbocycles. The number of halogens is 1. The van der Waals surface area contributed by atoms with E-state index >= 15 is 0 Å². The van der Waals surface area contributed by atoms with Crippen molar-refractivity contribution in [1.29, 1.82) is 0 Å². The molecule has 0 radical (unpaired) electrons. The molecule has 2 aliphatic rings. The first-order valence-electron chi connectivity index (χ1n) is 12.0. The maximum Gasteiger partial charge on any atom is 0.235 e. The standard InChI is InChI=1S/C27H26FN7O/c1-17-23(10-18-2-5-22(28)6-3-18)26(32-16-31-17)34-8-9-36-24-7-4-19(11-20(24)13-34)21-12-30-27-33-25(29)15-35(27)14-21/h2-7,11-12,14-16,20,24H,8-10,13,29H2,1H3. The van der Waals surface area contributed by atoms with Gasteiger partial charge in [-0.3, -0.25) is 4.40 Å². The number of aromatic nitrogens is 5. The number of rotatable bonds is 4. The molecule has 8 nitrogen and oxygen atoms in total. The zero-order valence-corrected chi connectivity index (χ0v) is 19.9. The van der Waals surface area contributed by atoms with Gasteiger partial charge in [-0.25, -0.2) is 19.3 Å². The van der Waals surface area contributed by atoms with Crippen LogP contribution in [-0.2, 0) is 11.2 Å². The number of nitrogens with two attached hydrogens (primary N) is 1. The largest absolute Gasteiger partial charge is 0.382 e. The van der Waals surface area contributed by atoms with Gasteiger partial charge in [0.2, 0.25) is 5.78 Å². The fourth-order valence-corrected chi connectivity index (χ4v) is 4.91. The van der Waals surface area contributed by atoms with Crippen LogP contribution in [0.5, 0.6) is 0 Å². The Morgan fingerprint density at radius 2 is 2.00 bits per heavy atom. The van der Waals surface area contributed by atoms with Gasteiger partial charge in [0.05, 0.1) is 18.9 Å². The molecule has 1 aliphatic heterocycles. The van der Waals surface area contributed by atoms with E-state index in [0.29, 0.717) is 24.6 Å². The Morgan fingerprint density at radius 1 is 1.14 bits per heavy atom. The van der Waals surface area contributed by atoms with Crippen molar-refractivity contribution in [2.75, 3.05) is 30.3 Å². The van der Waals surface area contributed by atoms with Crippen molar-refractivity contribution in [2.24, 2.45) is 5.92 Å². The number of hydrogen-bond donors (Lipinski definition) is 1. The lowest BCUT2D eigenvalue weighted by atomic mass is 9.90. The summed E-state index contributed by atoms with van der Waals surface area (Å²) in [4.78, 5) is 20.1. The highest BCUT2D eigenvalue weighted by molar-refractivity contribution is 5.75. The second-order valence-corrected chi connectivity index (χ2v) is 9.21. The SMILES string of the molecule is Cc1ncnc(N2CCOC3C=CC(c4cnc5nc(N)cn5c4)=CC3C2)c1Cc1ccc(F)cc1. The minimum absolute atomic E-state index is 0.0113. The number of aryl methyl sites for hydroxylation is 1. The average molecular weight is 484 g/mol. The smallest absolute Gasteiger partial charge is 0.235 e. The molecular weight excluding hydrogens is 457 g/mol. The Kier molecular flexibility index (Phi) is 5.69. The van der Waals surface area contributed by atoms with Crippen molar-refractivity contribution in [3.8, 4) is 0 Å². The minimum Gasteiger partial charge on any atom is -0.382 e. The number of allylic oxidation sites excluding steroid dienone is 2. The molecule has 0 bridgehead atoms. The monoisotopic (exact) mass is 483 g/mol. The van der Waals surface area contributed by atoms with E-state index in [9.17, 15) is 4.39 Å². The molecule has 6 rings (SSSR count). The maximum absolute atomic E-state index is 13.4. The zero-order chi connectivity index (χ0) is 24.6. The van der Waals surface area contributed by atoms with Crippen molar-refractivity contribution in [3.05, 3.63) is 95.6 Å². The third-order valence-corrected chi connectivity index (χ3v) is 6.78. The third-order valence-electron chi connectivity index (χ3n) is 6.78. The van der Waals surface area contributed by atoms with E-state index in [-0.39, 0.29) is 17.8 Å². The number of hydrogen-bond acceptors (Lipinski definition) is 7. The van der Waals surface area contributed by atoms with Crippen molar-refractivity contribution >= 4 is 23.0 Å². The summed E-state index contributed by atoms with van der Waals surface area (Å²) in [5.41, 5.74) is 10.9. The van der Waals surface area contributed by atoms with Crippen molar-refractivity contribution < 1.29 is 9.13 Å². The Hall–Kier alpha value is -4.11. The summed E-state index contributed by atoms with van der Waals surface area (Å²) >= 11 is 0. The van der Waals surface area contributed by atoms with Crippen LogP contribution >= 0.6 is 0 Å². The van der Waals surface area contributed by atoms with Crippen molar-refractivity contribution in [2.45, 2.75) is 19.4 Å². The van der Waals surface area contributed by atoms with Crippen molar-refractivity contribution in [3.63, 3.8) is 0 Å². The molecule has 9 heteroatoms. The molecule has 3 aromatic heterocycles. The van der Waals surface area contributed by atoms with E-state index < -0.39 is 0 Å². The van der Waals surface area contributed by atoms with Crippen LogP contribution in [0.4, 0.5) is 16.0 Å². The molecule has 4 aromatic rings. The van der Waals surface area contributed by atoms with E-state index in [1.807, 2.05) is 35.9 Å². The van der Waals surface area contributed by atoms with Crippen LogP contribution in [0.15, 0.2) is 67.4 Å². The molecule has 2 unspecified atom stereocenters. The molecule has 2 N–H and O–H groups in total. The quantitative estimate of drug-likeness (QED) is 0.474. The number of nitrogen functional groups attached to an aromatic ring is 1. The first kappa shape index (κ1) is 22.4. The second-order valence-electron chi connectivity index (χ2n) is 9.21. The van der Waals surface area contributed by atoms with Crippen LogP contribution in [0.25, 0.3) is 11.4 Å². The molecule has 1 saturated heterocycles. The topological polar surface area (TPSA) is 94.5 Å². The van der Waals surface area contributed by atoms with Gasteiger partial charge in [0.1, 0.15) is 23.8 Å². The highest BCUT2D eigenvalue weighted by Gasteiger charge is 2.29. The molecular formula is C27H26FN7O. The molecule has 1 aromatic carbocycles. The van der Waals surface area contributed by atoms with Gasteiger partial charge in [0, 0.05) is 54.6 Å². The van der Waals surface area contributed by atoms with Gasteiger partial charge in [0.25, 0.3) is 0 Å². The van der Waals surface area contributed by atoms with Crippen LogP contribution in [0.1, 0.15) is 22.4 Å². The predicted octanol–water partition coefficient (Wildman–Crippen LogP) is 3.61. The number of anilines is 2. The van der Waals surface area contributed by atoms with Crippen LogP contribution in [0.3, 0.4) is 0 Å². The van der Waals surface area contributed by atoms with Gasteiger partial charge in [-0.15, -0.1) is 0 Å².